The molecule has 2 aromatic heterocycles. The number of aryl methyl sites for hydroxylation is 1. The Balaban J connectivity index is 0.00000240. The summed E-state index contributed by atoms with van der Waals surface area (Å²) in [5.74, 6) is 0. The summed E-state index contributed by atoms with van der Waals surface area (Å²) >= 11 is 1.81. The van der Waals surface area contributed by atoms with Crippen LogP contribution in [0.2, 0.25) is 0 Å². The maximum atomic E-state index is 4.99. The zero-order valence-corrected chi connectivity index (χ0v) is 20.1. The number of benzene rings is 2. The van der Waals surface area contributed by atoms with Crippen molar-refractivity contribution in [1.29, 1.82) is 0 Å². The average molecular weight is 575 g/mol. The first-order valence-corrected chi connectivity index (χ1v) is 10.5. The quantitative estimate of drug-likeness (QED) is 0.231. The van der Waals surface area contributed by atoms with Gasteiger partial charge in [0.05, 0.1) is 5.69 Å². The summed E-state index contributed by atoms with van der Waals surface area (Å²) in [6, 6.07) is 31.2. The van der Waals surface area contributed by atoms with Gasteiger partial charge in [0.1, 0.15) is 0 Å². The van der Waals surface area contributed by atoms with Crippen molar-refractivity contribution in [2.75, 3.05) is 0 Å². The van der Waals surface area contributed by atoms with Crippen molar-refractivity contribution in [3.63, 3.8) is 0 Å². The average Bonchev–Trinajstić information content (AvgIpc) is 3.26. The molecule has 1 radical (unpaired) electrons. The van der Waals surface area contributed by atoms with E-state index in [9.17, 15) is 0 Å². The molecule has 2 aromatic carbocycles. The molecular formula is C26H24IrNS-. The Bertz CT molecular complexity index is 1070. The molecule has 0 unspecified atom stereocenters. The van der Waals surface area contributed by atoms with Gasteiger partial charge in [-0.05, 0) is 29.7 Å². The minimum Gasteiger partial charge on any atom is -0.261 e. The van der Waals surface area contributed by atoms with Gasteiger partial charge in [0.15, 0.2) is 0 Å². The van der Waals surface area contributed by atoms with Crippen LogP contribution in [0.5, 0.6) is 0 Å². The smallest absolute Gasteiger partial charge is 0.0504 e. The topological polar surface area (TPSA) is 12.9 Å². The van der Waals surface area contributed by atoms with Crippen molar-refractivity contribution >= 4 is 11.3 Å². The van der Waals surface area contributed by atoms with Crippen molar-refractivity contribution < 1.29 is 20.1 Å². The SMILES string of the molecule is CCc1cc(-c2ccccc2)cc(C(C)(C)c2[c-]cc(-c3ccccc3)s2)n1.[Ir]. The second kappa shape index (κ2) is 9.17. The van der Waals surface area contributed by atoms with Crippen LogP contribution >= 0.6 is 11.3 Å². The van der Waals surface area contributed by atoms with Gasteiger partial charge in [-0.2, -0.15) is 0 Å². The molecule has 3 heteroatoms. The predicted octanol–water partition coefficient (Wildman–Crippen LogP) is 7.16. The number of hydrogen-bond donors (Lipinski definition) is 0. The number of thiophene rings is 1. The van der Waals surface area contributed by atoms with Crippen LogP contribution in [0.1, 0.15) is 37.0 Å². The molecule has 2 heterocycles. The Kier molecular flexibility index (Phi) is 6.85. The zero-order valence-electron chi connectivity index (χ0n) is 16.9. The van der Waals surface area contributed by atoms with Gasteiger partial charge in [0.25, 0.3) is 0 Å². The number of aromatic nitrogens is 1. The van der Waals surface area contributed by atoms with E-state index in [0.717, 1.165) is 17.8 Å². The van der Waals surface area contributed by atoms with Gasteiger partial charge in [0, 0.05) is 31.2 Å². The minimum absolute atomic E-state index is 0. The van der Waals surface area contributed by atoms with Crippen LogP contribution in [0, 0.1) is 6.07 Å². The first-order valence-electron chi connectivity index (χ1n) is 9.72. The largest absolute Gasteiger partial charge is 0.261 e. The van der Waals surface area contributed by atoms with E-state index in [2.05, 4.69) is 106 Å². The van der Waals surface area contributed by atoms with E-state index in [1.165, 1.54) is 26.4 Å². The Morgan fingerprint density at radius 2 is 1.48 bits per heavy atom. The van der Waals surface area contributed by atoms with Crippen molar-refractivity contribution in [3.05, 3.63) is 101 Å². The molecule has 0 saturated carbocycles. The van der Waals surface area contributed by atoms with Crippen LogP contribution in [0.3, 0.4) is 0 Å². The van der Waals surface area contributed by atoms with Crippen LogP contribution in [-0.2, 0) is 31.9 Å². The molecule has 0 amide bonds. The van der Waals surface area contributed by atoms with Gasteiger partial charge in [-0.3, -0.25) is 16.3 Å². The molecule has 0 bridgehead atoms. The van der Waals surface area contributed by atoms with Crippen molar-refractivity contribution in [2.45, 2.75) is 32.6 Å². The van der Waals surface area contributed by atoms with E-state index in [1.54, 1.807) is 0 Å². The van der Waals surface area contributed by atoms with Gasteiger partial charge >= 0.3 is 0 Å². The third kappa shape index (κ3) is 4.59. The van der Waals surface area contributed by atoms with Crippen LogP contribution in [0.4, 0.5) is 0 Å². The molecule has 0 aliphatic carbocycles. The fraction of sp³-hybridized carbons (Fsp3) is 0.192. The normalized spacial score (nSPS) is 11.1. The van der Waals surface area contributed by atoms with Crippen molar-refractivity contribution in [1.82, 2.24) is 4.98 Å². The van der Waals surface area contributed by atoms with E-state index in [4.69, 9.17) is 4.98 Å². The first-order chi connectivity index (χ1) is 13.6. The van der Waals surface area contributed by atoms with Crippen molar-refractivity contribution in [3.8, 4) is 21.6 Å². The molecular weight excluding hydrogens is 551 g/mol. The van der Waals surface area contributed by atoms with Crippen LogP contribution in [0.15, 0.2) is 78.9 Å². The van der Waals surface area contributed by atoms with E-state index in [-0.39, 0.29) is 25.5 Å². The van der Waals surface area contributed by atoms with Gasteiger partial charge in [-0.1, -0.05) is 91.9 Å². The summed E-state index contributed by atoms with van der Waals surface area (Å²) in [7, 11) is 0. The molecule has 149 valence electrons. The molecule has 0 aliphatic heterocycles. The Labute approximate surface area is 191 Å². The first kappa shape index (κ1) is 21.6. The van der Waals surface area contributed by atoms with Crippen LogP contribution < -0.4 is 0 Å². The molecule has 0 N–H and O–H groups in total. The molecule has 0 aliphatic rings. The second-order valence-corrected chi connectivity index (χ2v) is 8.58. The molecule has 0 fully saturated rings. The summed E-state index contributed by atoms with van der Waals surface area (Å²) in [5, 5.41) is 0. The Morgan fingerprint density at radius 3 is 2.10 bits per heavy atom. The van der Waals surface area contributed by atoms with Crippen LogP contribution in [-0.4, -0.2) is 4.98 Å². The van der Waals surface area contributed by atoms with E-state index in [0.29, 0.717) is 0 Å². The third-order valence-corrected chi connectivity index (χ3v) is 6.57. The molecule has 0 spiro atoms. The Morgan fingerprint density at radius 1 is 0.862 bits per heavy atom. The molecule has 4 rings (SSSR count). The summed E-state index contributed by atoms with van der Waals surface area (Å²) in [5.41, 5.74) is 5.73. The molecule has 1 nitrogen and oxygen atoms in total. The fourth-order valence-electron chi connectivity index (χ4n) is 3.36. The summed E-state index contributed by atoms with van der Waals surface area (Å²) in [6.45, 7) is 6.67. The zero-order chi connectivity index (χ0) is 19.6. The third-order valence-electron chi connectivity index (χ3n) is 5.16. The summed E-state index contributed by atoms with van der Waals surface area (Å²) in [6.07, 6.45) is 0.924. The summed E-state index contributed by atoms with van der Waals surface area (Å²) in [4.78, 5) is 7.46. The number of rotatable bonds is 5. The number of hydrogen-bond acceptors (Lipinski definition) is 2. The molecule has 4 aromatic rings. The predicted molar refractivity (Wildman–Crippen MR) is 120 cm³/mol. The maximum absolute atomic E-state index is 4.99. The van der Waals surface area contributed by atoms with Gasteiger partial charge < -0.3 is 0 Å². The number of pyridine rings is 1. The van der Waals surface area contributed by atoms with Gasteiger partial charge in [0.2, 0.25) is 0 Å². The molecule has 0 atom stereocenters. The molecule has 0 saturated heterocycles. The maximum Gasteiger partial charge on any atom is 0.0504 e. The second-order valence-electron chi connectivity index (χ2n) is 7.53. The van der Waals surface area contributed by atoms with E-state index < -0.39 is 0 Å². The van der Waals surface area contributed by atoms with Crippen molar-refractivity contribution in [2.24, 2.45) is 0 Å². The summed E-state index contributed by atoms with van der Waals surface area (Å²) < 4.78 is 0. The fourth-order valence-corrected chi connectivity index (χ4v) is 4.42. The monoisotopic (exact) mass is 575 g/mol. The Hall–Kier alpha value is -2.06. The molecule has 29 heavy (non-hydrogen) atoms. The van der Waals surface area contributed by atoms with Gasteiger partial charge in [-0.15, -0.1) is 4.88 Å². The van der Waals surface area contributed by atoms with E-state index >= 15 is 0 Å². The standard InChI is InChI=1S/C26H24NS.Ir/c1-4-22-17-21(19-11-7-5-8-12-19)18-24(27-22)26(2,3)25-16-15-23(28-25)20-13-9-6-10-14-20;/h5-15,17-18H,4H2,1-3H3;/q-1;. The number of nitrogens with zero attached hydrogens (tertiary/aromatic N) is 1. The minimum atomic E-state index is -0.202. The van der Waals surface area contributed by atoms with Crippen LogP contribution in [0.25, 0.3) is 21.6 Å². The van der Waals surface area contributed by atoms with Gasteiger partial charge in [-0.25, -0.2) is 12.1 Å². The van der Waals surface area contributed by atoms with E-state index in [1.807, 2.05) is 11.3 Å².